The molecule has 2 aliphatic rings. The fraction of sp³-hybridized carbons (Fsp3) is 0.471. The number of H-pyrrole nitrogens is 1. The third-order valence-corrected chi connectivity index (χ3v) is 9.98. The number of fused-ring (bicyclic) bond motifs is 3. The van der Waals surface area contributed by atoms with Gasteiger partial charge in [0.1, 0.15) is 6.04 Å². The maximum atomic E-state index is 13.9. The first-order chi connectivity index (χ1) is 24.0. The zero-order chi connectivity index (χ0) is 36.8. The Morgan fingerprint density at radius 3 is 2.14 bits per heavy atom. The summed E-state index contributed by atoms with van der Waals surface area (Å²) < 4.78 is 84.6. The van der Waals surface area contributed by atoms with Gasteiger partial charge in [-0.15, -0.1) is 0 Å². The summed E-state index contributed by atoms with van der Waals surface area (Å²) in [6.07, 6.45) is -7.47. The summed E-state index contributed by atoms with van der Waals surface area (Å²) in [6.45, 7) is 0.937. The molecule has 0 aliphatic carbocycles. The molecule has 2 aromatic heterocycles. The SMILES string of the molecule is CN(C)C1CCN(C(=O)[C@@H](Cc2cc(C(F)(F)F)c(N)c(C(F)(F)F)c2)NC(=O)N2CCC(n3c(=O)[nH]c4c5ccccc5ncc43)CC2)CC1. The summed E-state index contributed by atoms with van der Waals surface area (Å²) >= 11 is 0. The van der Waals surface area contributed by atoms with Gasteiger partial charge >= 0.3 is 24.1 Å². The summed E-state index contributed by atoms with van der Waals surface area (Å²) in [5.41, 5.74) is 1.74. The number of halogens is 6. The minimum atomic E-state index is -5.20. The molecule has 1 atom stereocenters. The van der Waals surface area contributed by atoms with Crippen LogP contribution in [0.25, 0.3) is 21.9 Å². The Morgan fingerprint density at radius 2 is 1.55 bits per heavy atom. The van der Waals surface area contributed by atoms with E-state index in [-0.39, 0.29) is 30.9 Å². The molecule has 17 heteroatoms. The molecular weight excluding hydrogens is 682 g/mol. The number of benzene rings is 2. The molecular formula is C34H38F6N8O3. The Kier molecular flexibility index (Phi) is 9.69. The number of aromatic amines is 1. The number of likely N-dealkylation sites (tertiary alicyclic amines) is 2. The monoisotopic (exact) mass is 720 g/mol. The molecule has 0 unspecified atom stereocenters. The number of carbonyl (C=O) groups is 2. The molecule has 4 aromatic rings. The number of rotatable bonds is 6. The zero-order valence-corrected chi connectivity index (χ0v) is 27.9. The van der Waals surface area contributed by atoms with E-state index in [4.69, 9.17) is 5.73 Å². The van der Waals surface area contributed by atoms with Gasteiger partial charge in [-0.25, -0.2) is 9.59 Å². The van der Waals surface area contributed by atoms with Crippen LogP contribution in [-0.2, 0) is 23.6 Å². The lowest BCUT2D eigenvalue weighted by molar-refractivity contribution is -0.141. The first-order valence-electron chi connectivity index (χ1n) is 16.6. The van der Waals surface area contributed by atoms with Gasteiger partial charge in [-0.2, -0.15) is 26.3 Å². The second kappa shape index (κ2) is 13.7. The summed E-state index contributed by atoms with van der Waals surface area (Å²) in [7, 11) is 3.80. The maximum absolute atomic E-state index is 13.9. The van der Waals surface area contributed by atoms with Gasteiger partial charge in [0.2, 0.25) is 5.91 Å². The lowest BCUT2D eigenvalue weighted by Gasteiger charge is -2.38. The van der Waals surface area contributed by atoms with Crippen molar-refractivity contribution in [2.45, 2.75) is 62.6 Å². The Morgan fingerprint density at radius 1 is 0.961 bits per heavy atom. The van der Waals surface area contributed by atoms with Crippen LogP contribution in [0.1, 0.15) is 48.4 Å². The van der Waals surface area contributed by atoms with Gasteiger partial charge < -0.3 is 30.7 Å². The van der Waals surface area contributed by atoms with Crippen molar-refractivity contribution in [2.24, 2.45) is 0 Å². The van der Waals surface area contributed by atoms with Crippen LogP contribution in [0.5, 0.6) is 0 Å². The van der Waals surface area contributed by atoms with E-state index < -0.39 is 59.1 Å². The van der Waals surface area contributed by atoms with Crippen LogP contribution in [0.3, 0.4) is 0 Å². The smallest absolute Gasteiger partial charge is 0.398 e. The number of piperidine rings is 2. The van der Waals surface area contributed by atoms with Crippen molar-refractivity contribution in [1.82, 2.24) is 34.6 Å². The second-order valence-corrected chi connectivity index (χ2v) is 13.4. The van der Waals surface area contributed by atoms with E-state index in [1.165, 1.54) is 9.80 Å². The average Bonchev–Trinajstić information content (AvgIpc) is 3.43. The number of alkyl halides is 6. The molecule has 11 nitrogen and oxygen atoms in total. The van der Waals surface area contributed by atoms with Gasteiger partial charge in [0, 0.05) is 50.1 Å². The van der Waals surface area contributed by atoms with Gasteiger partial charge in [-0.05, 0) is 63.5 Å². The first-order valence-corrected chi connectivity index (χ1v) is 16.6. The Labute approximate surface area is 288 Å². The highest BCUT2D eigenvalue weighted by Gasteiger charge is 2.41. The molecule has 51 heavy (non-hydrogen) atoms. The molecule has 6 rings (SSSR count). The molecule has 3 amide bonds. The van der Waals surface area contributed by atoms with E-state index in [2.05, 4.69) is 15.3 Å². The quantitative estimate of drug-likeness (QED) is 0.190. The normalized spacial score (nSPS) is 17.4. The van der Waals surface area contributed by atoms with Crippen molar-refractivity contribution in [3.8, 4) is 0 Å². The number of imidazole rings is 1. The number of aromatic nitrogens is 3. The zero-order valence-electron chi connectivity index (χ0n) is 27.9. The van der Waals surface area contributed by atoms with Gasteiger partial charge in [0.05, 0.1) is 39.6 Å². The minimum absolute atomic E-state index is 0.171. The predicted octanol–water partition coefficient (Wildman–Crippen LogP) is 5.01. The first kappa shape index (κ1) is 36.0. The van der Waals surface area contributed by atoms with Crippen LogP contribution in [0.2, 0.25) is 0 Å². The van der Waals surface area contributed by atoms with E-state index in [0.717, 1.165) is 10.9 Å². The fourth-order valence-electron chi connectivity index (χ4n) is 7.21. The lowest BCUT2D eigenvalue weighted by atomic mass is 9.96. The molecule has 0 bridgehead atoms. The number of amides is 3. The highest BCUT2D eigenvalue weighted by molar-refractivity contribution is 6.01. The molecule has 0 spiro atoms. The van der Waals surface area contributed by atoms with Crippen molar-refractivity contribution in [3.63, 3.8) is 0 Å². The Hall–Kier alpha value is -4.80. The molecule has 0 radical (unpaired) electrons. The number of para-hydroxylation sites is 1. The van der Waals surface area contributed by atoms with Crippen LogP contribution in [0.15, 0.2) is 47.4 Å². The van der Waals surface area contributed by atoms with Gasteiger partial charge in [-0.1, -0.05) is 18.2 Å². The van der Waals surface area contributed by atoms with Crippen LogP contribution in [0.4, 0.5) is 36.8 Å². The summed E-state index contributed by atoms with van der Waals surface area (Å²) in [4.78, 5) is 52.9. The lowest BCUT2D eigenvalue weighted by Crippen LogP contribution is -2.56. The molecule has 2 aliphatic heterocycles. The number of urea groups is 1. The second-order valence-electron chi connectivity index (χ2n) is 13.4. The summed E-state index contributed by atoms with van der Waals surface area (Å²) in [5, 5.41) is 3.40. The van der Waals surface area contributed by atoms with Gasteiger partial charge in [-0.3, -0.25) is 14.3 Å². The number of nitrogen functional groups attached to an aromatic ring is 1. The largest absolute Gasteiger partial charge is 0.418 e. The highest BCUT2D eigenvalue weighted by Crippen LogP contribution is 2.42. The van der Waals surface area contributed by atoms with E-state index in [9.17, 15) is 40.7 Å². The minimum Gasteiger partial charge on any atom is -0.398 e. The average molecular weight is 721 g/mol. The molecule has 2 fully saturated rings. The number of nitrogens with zero attached hydrogens (tertiary/aromatic N) is 5. The highest BCUT2D eigenvalue weighted by atomic mass is 19.4. The topological polar surface area (TPSA) is 133 Å². The third-order valence-electron chi connectivity index (χ3n) is 9.98. The van der Waals surface area contributed by atoms with Crippen LogP contribution >= 0.6 is 0 Å². The standard InChI is InChI=1S/C34H38F6N8O3/c1-45(2)20-7-11-46(12-8-20)30(49)26(17-19-15-23(33(35,36)37)28(41)24(16-19)34(38,39)40)43-31(50)47-13-9-21(10-14-47)48-27-18-42-25-6-4-3-5-22(25)29(27)44-32(48)51/h3-6,15-16,18,20-21,26H,7-14,17,41H2,1-2H3,(H,43,50)(H,44,51)/t26-/m1/s1. The number of anilines is 1. The number of nitrogens with one attached hydrogen (secondary N) is 2. The number of nitrogens with two attached hydrogens (primary N) is 1. The van der Waals surface area contributed by atoms with E-state index in [0.29, 0.717) is 61.9 Å². The van der Waals surface area contributed by atoms with Crippen molar-refractivity contribution in [1.29, 1.82) is 0 Å². The number of hydrogen-bond acceptors (Lipinski definition) is 6. The van der Waals surface area contributed by atoms with Crippen LogP contribution in [-0.4, -0.2) is 93.5 Å². The molecule has 274 valence electrons. The van der Waals surface area contributed by atoms with E-state index >= 15 is 0 Å². The van der Waals surface area contributed by atoms with Crippen molar-refractivity contribution in [2.75, 3.05) is 46.0 Å². The van der Waals surface area contributed by atoms with Crippen LogP contribution < -0.4 is 16.7 Å². The third kappa shape index (κ3) is 7.34. The van der Waals surface area contributed by atoms with Gasteiger partial charge in [0.25, 0.3) is 0 Å². The molecule has 2 aromatic carbocycles. The Bertz CT molecular complexity index is 1950. The van der Waals surface area contributed by atoms with Crippen LogP contribution in [0, 0.1) is 0 Å². The van der Waals surface area contributed by atoms with Crippen molar-refractivity contribution < 1.29 is 35.9 Å². The molecule has 0 saturated carbocycles. The predicted molar refractivity (Wildman–Crippen MR) is 178 cm³/mol. The fourth-order valence-corrected chi connectivity index (χ4v) is 7.21. The molecule has 4 N–H and O–H groups in total. The number of hydrogen-bond donors (Lipinski definition) is 3. The van der Waals surface area contributed by atoms with Crippen molar-refractivity contribution >= 4 is 39.6 Å². The summed E-state index contributed by atoms with van der Waals surface area (Å²) in [5.74, 6) is -0.612. The Balaban J connectivity index is 1.23. The van der Waals surface area contributed by atoms with E-state index in [1.54, 1.807) is 10.8 Å². The van der Waals surface area contributed by atoms with Gasteiger partial charge in [0.15, 0.2) is 0 Å². The molecule has 4 heterocycles. The van der Waals surface area contributed by atoms with Crippen molar-refractivity contribution in [3.05, 3.63) is 69.8 Å². The maximum Gasteiger partial charge on any atom is 0.418 e. The number of pyridine rings is 1. The number of carbonyl (C=O) groups excluding carboxylic acids is 2. The summed E-state index contributed by atoms with van der Waals surface area (Å²) in [6, 6.07) is 6.11. The van der Waals surface area contributed by atoms with E-state index in [1.807, 2.05) is 43.3 Å². The molecule has 2 saturated heterocycles.